The predicted molar refractivity (Wildman–Crippen MR) is 87.9 cm³/mol. The lowest BCUT2D eigenvalue weighted by Gasteiger charge is -2.31. The van der Waals surface area contributed by atoms with E-state index < -0.39 is 0 Å². The first kappa shape index (κ1) is 15.2. The quantitative estimate of drug-likeness (QED) is 0.813. The van der Waals surface area contributed by atoms with Gasteiger partial charge in [-0.15, -0.1) is 0 Å². The third-order valence-corrected chi connectivity index (χ3v) is 4.40. The Morgan fingerprint density at radius 2 is 1.87 bits per heavy atom. The summed E-state index contributed by atoms with van der Waals surface area (Å²) in [4.78, 5) is 25.3. The monoisotopic (exact) mass is 306 g/mol. The van der Waals surface area contributed by atoms with Gasteiger partial charge in [0.1, 0.15) is 11.6 Å². The minimum atomic E-state index is -0.356. The molecule has 1 aliphatic rings. The van der Waals surface area contributed by atoms with Crippen LogP contribution in [0.3, 0.4) is 0 Å². The van der Waals surface area contributed by atoms with Crippen LogP contribution in [0.4, 0.5) is 0 Å². The van der Waals surface area contributed by atoms with Crippen LogP contribution in [0.25, 0.3) is 5.69 Å². The molecule has 0 fully saturated rings. The maximum absolute atomic E-state index is 12.8. The van der Waals surface area contributed by atoms with Gasteiger partial charge in [0.25, 0.3) is 5.56 Å². The Bertz CT molecular complexity index is 914. The number of aryl methyl sites for hydroxylation is 1. The van der Waals surface area contributed by atoms with Crippen molar-refractivity contribution in [2.24, 2.45) is 5.41 Å². The third-order valence-electron chi connectivity index (χ3n) is 4.40. The number of fused-ring (bicyclic) bond motifs is 1. The molecule has 0 unspecified atom stereocenters. The van der Waals surface area contributed by atoms with E-state index in [2.05, 4.69) is 0 Å². The second-order valence-electron chi connectivity index (χ2n) is 6.91. The highest BCUT2D eigenvalue weighted by Crippen LogP contribution is 2.35. The molecule has 0 atom stereocenters. The van der Waals surface area contributed by atoms with Gasteiger partial charge < -0.3 is 0 Å². The zero-order valence-electron chi connectivity index (χ0n) is 13.5. The van der Waals surface area contributed by atoms with Gasteiger partial charge in [0.2, 0.25) is 0 Å². The van der Waals surface area contributed by atoms with Crippen LogP contribution in [0.1, 0.15) is 47.3 Å². The zero-order valence-corrected chi connectivity index (χ0v) is 13.5. The Labute approximate surface area is 135 Å². The van der Waals surface area contributed by atoms with Crippen molar-refractivity contribution in [2.75, 3.05) is 0 Å². The average molecular weight is 306 g/mol. The smallest absolute Gasteiger partial charge is 0.273 e. The van der Waals surface area contributed by atoms with Gasteiger partial charge in [-0.2, -0.15) is 5.26 Å². The minimum absolute atomic E-state index is 0.00455. The molecule has 0 saturated heterocycles. The van der Waals surface area contributed by atoms with E-state index in [9.17, 15) is 14.9 Å². The SMILES string of the molecule is Cc1ccccc1-n1cc2c(c(C#N)c1=O)CC(C)(C)CC2=O. The fourth-order valence-electron chi connectivity index (χ4n) is 3.27. The molecule has 4 heteroatoms. The minimum Gasteiger partial charge on any atom is -0.294 e. The second-order valence-corrected chi connectivity index (χ2v) is 6.91. The predicted octanol–water partition coefficient (Wildman–Crippen LogP) is 3.17. The first-order chi connectivity index (χ1) is 10.8. The Morgan fingerprint density at radius 1 is 1.17 bits per heavy atom. The molecular formula is C19H18N2O2. The van der Waals surface area contributed by atoms with Crippen molar-refractivity contribution < 1.29 is 4.79 Å². The van der Waals surface area contributed by atoms with Gasteiger partial charge in [0.05, 0.1) is 5.69 Å². The van der Waals surface area contributed by atoms with Crippen molar-refractivity contribution in [1.29, 1.82) is 5.26 Å². The van der Waals surface area contributed by atoms with Gasteiger partial charge >= 0.3 is 0 Å². The number of rotatable bonds is 1. The van der Waals surface area contributed by atoms with Crippen LogP contribution in [-0.4, -0.2) is 10.4 Å². The third kappa shape index (κ3) is 2.49. The number of carbonyl (C=O) groups excluding carboxylic acids is 1. The van der Waals surface area contributed by atoms with E-state index in [1.807, 2.05) is 51.1 Å². The second kappa shape index (κ2) is 5.20. The number of benzene rings is 1. The summed E-state index contributed by atoms with van der Waals surface area (Å²) in [6.07, 6.45) is 2.61. The number of aromatic nitrogens is 1. The van der Waals surface area contributed by atoms with Crippen molar-refractivity contribution in [3.63, 3.8) is 0 Å². The number of Topliss-reactive ketones (excluding diaryl/α,β-unsaturated/α-hetero) is 1. The standard InChI is InChI=1S/C19H18N2O2/c1-12-6-4-5-7-16(12)21-11-15-13(14(10-20)18(21)23)8-19(2,3)9-17(15)22/h4-7,11H,8-9H2,1-3H3. The lowest BCUT2D eigenvalue weighted by molar-refractivity contribution is 0.0911. The molecule has 0 spiro atoms. The number of nitrogens with zero attached hydrogens (tertiary/aromatic N) is 2. The molecule has 4 nitrogen and oxygen atoms in total. The Kier molecular flexibility index (Phi) is 3.45. The van der Waals surface area contributed by atoms with Crippen LogP contribution in [0.2, 0.25) is 0 Å². The first-order valence-corrected chi connectivity index (χ1v) is 7.62. The number of hydrogen-bond acceptors (Lipinski definition) is 3. The van der Waals surface area contributed by atoms with Crippen LogP contribution in [-0.2, 0) is 6.42 Å². The van der Waals surface area contributed by atoms with Crippen LogP contribution in [0.15, 0.2) is 35.3 Å². The maximum atomic E-state index is 12.8. The van der Waals surface area contributed by atoms with Crippen LogP contribution < -0.4 is 5.56 Å². The van der Waals surface area contributed by atoms with E-state index in [0.717, 1.165) is 5.56 Å². The number of carbonyl (C=O) groups is 1. The summed E-state index contributed by atoms with van der Waals surface area (Å²) in [5, 5.41) is 9.50. The van der Waals surface area contributed by atoms with Crippen molar-refractivity contribution in [1.82, 2.24) is 4.57 Å². The van der Waals surface area contributed by atoms with E-state index in [-0.39, 0.29) is 22.3 Å². The molecule has 0 radical (unpaired) electrons. The van der Waals surface area contributed by atoms with Crippen molar-refractivity contribution in [3.8, 4) is 11.8 Å². The van der Waals surface area contributed by atoms with E-state index in [1.54, 1.807) is 6.20 Å². The summed E-state index contributed by atoms with van der Waals surface area (Å²) in [5.74, 6) is -0.00455. The van der Waals surface area contributed by atoms with E-state index >= 15 is 0 Å². The molecule has 0 bridgehead atoms. The van der Waals surface area contributed by atoms with Gasteiger partial charge in [0.15, 0.2) is 5.78 Å². The van der Waals surface area contributed by atoms with Gasteiger partial charge in [-0.3, -0.25) is 14.2 Å². The fraction of sp³-hybridized carbons (Fsp3) is 0.316. The molecule has 1 heterocycles. The summed E-state index contributed by atoms with van der Waals surface area (Å²) >= 11 is 0. The van der Waals surface area contributed by atoms with Crippen LogP contribution in [0.5, 0.6) is 0 Å². The van der Waals surface area contributed by atoms with E-state index in [1.165, 1.54) is 4.57 Å². The van der Waals surface area contributed by atoms with Gasteiger partial charge in [-0.25, -0.2) is 0 Å². The molecule has 0 saturated carbocycles. The molecule has 0 amide bonds. The largest absolute Gasteiger partial charge is 0.294 e. The highest BCUT2D eigenvalue weighted by molar-refractivity contribution is 5.99. The number of nitriles is 1. The summed E-state index contributed by atoms with van der Waals surface area (Å²) < 4.78 is 1.43. The molecule has 23 heavy (non-hydrogen) atoms. The Balaban J connectivity index is 2.34. The highest BCUT2D eigenvalue weighted by Gasteiger charge is 2.34. The molecule has 0 N–H and O–H groups in total. The average Bonchev–Trinajstić information content (AvgIpc) is 2.47. The molecule has 116 valence electrons. The Hall–Kier alpha value is -2.67. The van der Waals surface area contributed by atoms with Crippen LogP contribution >= 0.6 is 0 Å². The summed E-state index contributed by atoms with van der Waals surface area (Å²) in [7, 11) is 0. The molecule has 1 aromatic carbocycles. The van der Waals surface area contributed by atoms with Gasteiger partial charge in [-0.05, 0) is 36.0 Å². The number of ketones is 1. The van der Waals surface area contributed by atoms with Gasteiger partial charge in [0, 0.05) is 18.2 Å². The van der Waals surface area contributed by atoms with Crippen molar-refractivity contribution >= 4 is 5.78 Å². The van der Waals surface area contributed by atoms with Crippen molar-refractivity contribution in [2.45, 2.75) is 33.6 Å². The molecule has 1 aliphatic carbocycles. The fourth-order valence-corrected chi connectivity index (χ4v) is 3.27. The van der Waals surface area contributed by atoms with E-state index in [0.29, 0.717) is 29.7 Å². The Morgan fingerprint density at radius 3 is 2.52 bits per heavy atom. The van der Waals surface area contributed by atoms with Crippen molar-refractivity contribution in [3.05, 3.63) is 63.1 Å². The maximum Gasteiger partial charge on any atom is 0.273 e. The number of para-hydroxylation sites is 1. The normalized spacial score (nSPS) is 15.8. The zero-order chi connectivity index (χ0) is 16.8. The van der Waals surface area contributed by atoms with Gasteiger partial charge in [-0.1, -0.05) is 32.0 Å². The lowest BCUT2D eigenvalue weighted by atomic mass is 9.73. The summed E-state index contributed by atoms with van der Waals surface area (Å²) in [6, 6.07) is 9.48. The highest BCUT2D eigenvalue weighted by atomic mass is 16.1. The molecule has 3 rings (SSSR count). The summed E-state index contributed by atoms with van der Waals surface area (Å²) in [6.45, 7) is 5.88. The van der Waals surface area contributed by atoms with Crippen LogP contribution in [0, 0.1) is 23.7 Å². The summed E-state index contributed by atoms with van der Waals surface area (Å²) in [5.41, 5.74) is 2.23. The number of hydrogen-bond donors (Lipinski definition) is 0. The number of pyridine rings is 1. The topological polar surface area (TPSA) is 62.9 Å². The molecule has 1 aromatic heterocycles. The lowest BCUT2D eigenvalue weighted by Crippen LogP contribution is -2.33. The first-order valence-electron chi connectivity index (χ1n) is 7.62. The molecule has 0 aliphatic heterocycles. The molecular weight excluding hydrogens is 288 g/mol. The molecule has 2 aromatic rings. The van der Waals surface area contributed by atoms with E-state index in [4.69, 9.17) is 0 Å².